The molecule has 1 aromatic carbocycles. The fraction of sp³-hybridized carbons (Fsp3) is 0.167. The van der Waals surface area contributed by atoms with E-state index in [4.69, 9.17) is 0 Å². The summed E-state index contributed by atoms with van der Waals surface area (Å²) in [6.07, 6.45) is 5.78. The van der Waals surface area contributed by atoms with E-state index in [2.05, 4.69) is 12.6 Å². The lowest BCUT2D eigenvalue weighted by Gasteiger charge is -2.01. The zero-order valence-corrected chi connectivity index (χ0v) is 7.46. The Morgan fingerprint density at radius 3 is 2.92 bits per heavy atom. The molecular formula is C12H12O. The minimum Gasteiger partial charge on any atom is -0.508 e. The van der Waals surface area contributed by atoms with E-state index in [0.29, 0.717) is 5.75 Å². The quantitative estimate of drug-likeness (QED) is 0.690. The van der Waals surface area contributed by atoms with E-state index in [1.165, 1.54) is 11.1 Å². The first-order chi connectivity index (χ1) is 6.33. The number of phenolic OH excluding ortho intramolecular Hbond substituents is 1. The molecule has 0 unspecified atom stereocenters. The highest BCUT2D eigenvalue weighted by molar-refractivity contribution is 5.75. The third-order valence-corrected chi connectivity index (χ3v) is 2.46. The van der Waals surface area contributed by atoms with Gasteiger partial charge in [-0.15, -0.1) is 0 Å². The van der Waals surface area contributed by atoms with Crippen molar-refractivity contribution in [2.45, 2.75) is 12.8 Å². The third kappa shape index (κ3) is 1.26. The largest absolute Gasteiger partial charge is 0.508 e. The Morgan fingerprint density at radius 2 is 2.15 bits per heavy atom. The van der Waals surface area contributed by atoms with Crippen molar-refractivity contribution < 1.29 is 5.11 Å². The van der Waals surface area contributed by atoms with Gasteiger partial charge in [0, 0.05) is 5.56 Å². The van der Waals surface area contributed by atoms with Crippen LogP contribution < -0.4 is 0 Å². The lowest BCUT2D eigenvalue weighted by atomic mass is 10.1. The summed E-state index contributed by atoms with van der Waals surface area (Å²) in [6.45, 7) is 3.68. The fourth-order valence-electron chi connectivity index (χ4n) is 1.85. The maximum absolute atomic E-state index is 9.56. The van der Waals surface area contributed by atoms with Crippen LogP contribution in [0.15, 0.2) is 36.9 Å². The first-order valence-corrected chi connectivity index (χ1v) is 4.45. The van der Waals surface area contributed by atoms with Gasteiger partial charge in [0.15, 0.2) is 0 Å². The van der Waals surface area contributed by atoms with Crippen molar-refractivity contribution in [3.63, 3.8) is 0 Å². The number of hydrogen-bond acceptors (Lipinski definition) is 1. The van der Waals surface area contributed by atoms with E-state index in [1.807, 2.05) is 12.1 Å². The Bertz CT molecular complexity index is 375. The molecule has 66 valence electrons. The van der Waals surface area contributed by atoms with Crippen molar-refractivity contribution in [3.05, 3.63) is 48.1 Å². The van der Waals surface area contributed by atoms with Crippen molar-refractivity contribution in [2.75, 3.05) is 0 Å². The number of benzene rings is 1. The van der Waals surface area contributed by atoms with Gasteiger partial charge in [-0.3, -0.25) is 0 Å². The summed E-state index contributed by atoms with van der Waals surface area (Å²) in [5, 5.41) is 9.56. The van der Waals surface area contributed by atoms with Crippen LogP contribution in [0.25, 0.3) is 5.57 Å². The van der Waals surface area contributed by atoms with Crippen LogP contribution in [0.2, 0.25) is 0 Å². The second-order valence-corrected chi connectivity index (χ2v) is 3.23. The van der Waals surface area contributed by atoms with Gasteiger partial charge in [-0.1, -0.05) is 30.9 Å². The summed E-state index contributed by atoms with van der Waals surface area (Å²) in [5.74, 6) is 0.421. The maximum Gasteiger partial charge on any atom is 0.119 e. The second kappa shape index (κ2) is 3.09. The molecule has 0 aromatic heterocycles. The van der Waals surface area contributed by atoms with Crippen molar-refractivity contribution in [1.29, 1.82) is 0 Å². The Kier molecular flexibility index (Phi) is 1.93. The van der Waals surface area contributed by atoms with E-state index in [-0.39, 0.29) is 0 Å². The maximum atomic E-state index is 9.56. The van der Waals surface area contributed by atoms with Gasteiger partial charge in [-0.05, 0) is 30.0 Å². The molecule has 1 N–H and O–H groups in total. The number of fused-ring (bicyclic) bond motifs is 1. The number of phenols is 1. The summed E-state index contributed by atoms with van der Waals surface area (Å²) in [6, 6.07) is 5.68. The highest BCUT2D eigenvalue weighted by Crippen LogP contribution is 2.36. The van der Waals surface area contributed by atoms with Gasteiger partial charge < -0.3 is 5.11 Å². The van der Waals surface area contributed by atoms with Gasteiger partial charge >= 0.3 is 0 Å². The molecule has 2 rings (SSSR count). The van der Waals surface area contributed by atoms with Crippen LogP contribution >= 0.6 is 0 Å². The monoisotopic (exact) mass is 172 g/mol. The summed E-state index contributed by atoms with van der Waals surface area (Å²) in [5.41, 5.74) is 3.54. The molecule has 1 nitrogen and oxygen atoms in total. The van der Waals surface area contributed by atoms with Crippen LogP contribution in [0.1, 0.15) is 17.5 Å². The number of allylic oxidation sites excluding steroid dienone is 3. The molecule has 0 saturated heterocycles. The average molecular weight is 172 g/mol. The van der Waals surface area contributed by atoms with Crippen LogP contribution in [0, 0.1) is 0 Å². The molecule has 1 aromatic rings. The van der Waals surface area contributed by atoms with E-state index < -0.39 is 0 Å². The molecule has 0 fully saturated rings. The van der Waals surface area contributed by atoms with E-state index in [9.17, 15) is 5.11 Å². The summed E-state index contributed by atoms with van der Waals surface area (Å²) in [7, 11) is 0. The Morgan fingerprint density at radius 1 is 1.31 bits per heavy atom. The van der Waals surface area contributed by atoms with Gasteiger partial charge in [0.25, 0.3) is 0 Å². The number of rotatable bonds is 1. The highest BCUT2D eigenvalue weighted by atomic mass is 16.3. The van der Waals surface area contributed by atoms with Gasteiger partial charge in [0.1, 0.15) is 5.75 Å². The van der Waals surface area contributed by atoms with Crippen molar-refractivity contribution in [3.8, 4) is 5.75 Å². The number of aromatic hydroxyl groups is 1. The molecule has 0 aliphatic heterocycles. The molecule has 0 bridgehead atoms. The van der Waals surface area contributed by atoms with E-state index in [1.54, 1.807) is 12.1 Å². The summed E-state index contributed by atoms with van der Waals surface area (Å²) < 4.78 is 0. The third-order valence-electron chi connectivity index (χ3n) is 2.46. The molecule has 1 aliphatic carbocycles. The predicted molar refractivity (Wildman–Crippen MR) is 54.6 cm³/mol. The highest BCUT2D eigenvalue weighted by Gasteiger charge is 2.17. The molecule has 0 heterocycles. The predicted octanol–water partition coefficient (Wildman–Crippen LogP) is 2.91. The molecule has 0 radical (unpaired) electrons. The van der Waals surface area contributed by atoms with Gasteiger partial charge in [0.2, 0.25) is 0 Å². The Hall–Kier alpha value is -1.50. The Balaban J connectivity index is 2.55. The van der Waals surface area contributed by atoms with E-state index in [0.717, 1.165) is 18.4 Å². The molecule has 0 atom stereocenters. The summed E-state index contributed by atoms with van der Waals surface area (Å²) >= 11 is 0. The fourth-order valence-corrected chi connectivity index (χ4v) is 1.85. The number of hydrogen-bond donors (Lipinski definition) is 1. The molecule has 13 heavy (non-hydrogen) atoms. The summed E-state index contributed by atoms with van der Waals surface area (Å²) in [4.78, 5) is 0. The van der Waals surface area contributed by atoms with Crippen molar-refractivity contribution in [2.24, 2.45) is 0 Å². The van der Waals surface area contributed by atoms with Gasteiger partial charge in [-0.2, -0.15) is 0 Å². The Labute approximate surface area is 78.0 Å². The second-order valence-electron chi connectivity index (χ2n) is 3.23. The van der Waals surface area contributed by atoms with Gasteiger partial charge in [0.05, 0.1) is 0 Å². The molecule has 0 spiro atoms. The lowest BCUT2D eigenvalue weighted by Crippen LogP contribution is -1.80. The normalized spacial score (nSPS) is 17.4. The first kappa shape index (κ1) is 8.11. The van der Waals surface area contributed by atoms with Crippen LogP contribution in [0.3, 0.4) is 0 Å². The van der Waals surface area contributed by atoms with Crippen molar-refractivity contribution in [1.82, 2.24) is 0 Å². The lowest BCUT2D eigenvalue weighted by molar-refractivity contribution is 0.469. The van der Waals surface area contributed by atoms with Crippen LogP contribution in [0.4, 0.5) is 0 Å². The SMILES string of the molecule is C=C/C=C1\CCc2c(O)cccc21. The standard InChI is InChI=1S/C12H12O/c1-2-4-9-7-8-11-10(9)5-3-6-12(11)13/h2-6,13H,1,7-8H2/b9-4+. The van der Waals surface area contributed by atoms with Gasteiger partial charge in [-0.25, -0.2) is 0 Å². The molecule has 0 amide bonds. The first-order valence-electron chi connectivity index (χ1n) is 4.45. The average Bonchev–Trinajstić information content (AvgIpc) is 2.51. The van der Waals surface area contributed by atoms with E-state index >= 15 is 0 Å². The zero-order chi connectivity index (χ0) is 9.26. The van der Waals surface area contributed by atoms with Crippen molar-refractivity contribution >= 4 is 5.57 Å². The molecule has 1 heteroatoms. The molecule has 1 aliphatic rings. The molecule has 0 saturated carbocycles. The topological polar surface area (TPSA) is 20.2 Å². The smallest absolute Gasteiger partial charge is 0.119 e. The molecular weight excluding hydrogens is 160 g/mol. The van der Waals surface area contributed by atoms with Crippen LogP contribution in [-0.4, -0.2) is 5.11 Å². The zero-order valence-electron chi connectivity index (χ0n) is 7.46. The minimum absolute atomic E-state index is 0.421. The van der Waals surface area contributed by atoms with Crippen LogP contribution in [-0.2, 0) is 6.42 Å². The van der Waals surface area contributed by atoms with Crippen LogP contribution in [0.5, 0.6) is 5.75 Å². The minimum atomic E-state index is 0.421.